The number of hydrogen-bond donors (Lipinski definition) is 4. The molecule has 1 aliphatic heterocycles. The number of fused-ring (bicyclic) bond motifs is 1. The molecule has 5 N–H and O–H groups in total. The molecular formula is C12H15N3O4. The lowest BCUT2D eigenvalue weighted by Gasteiger charge is -2.16. The van der Waals surface area contributed by atoms with Crippen LogP contribution in [0.3, 0.4) is 0 Å². The molecule has 1 aliphatic rings. The van der Waals surface area contributed by atoms with Crippen LogP contribution in [0.4, 0.5) is 5.69 Å². The Morgan fingerprint density at radius 2 is 2.11 bits per heavy atom. The second-order valence-corrected chi connectivity index (χ2v) is 4.60. The van der Waals surface area contributed by atoms with Gasteiger partial charge in [-0.1, -0.05) is 6.07 Å². The van der Waals surface area contributed by atoms with Crippen molar-refractivity contribution in [2.75, 3.05) is 12.3 Å². The Morgan fingerprint density at radius 1 is 1.32 bits per heavy atom. The maximum absolute atomic E-state index is 9.98. The van der Waals surface area contributed by atoms with Crippen molar-refractivity contribution >= 4 is 16.6 Å². The van der Waals surface area contributed by atoms with E-state index in [-0.39, 0.29) is 6.61 Å². The monoisotopic (exact) mass is 265 g/mol. The van der Waals surface area contributed by atoms with Crippen molar-refractivity contribution in [1.29, 1.82) is 0 Å². The Labute approximate surface area is 108 Å². The van der Waals surface area contributed by atoms with Crippen LogP contribution in [0.2, 0.25) is 0 Å². The molecule has 1 aromatic heterocycles. The zero-order chi connectivity index (χ0) is 13.6. The first-order chi connectivity index (χ1) is 9.13. The van der Waals surface area contributed by atoms with E-state index in [2.05, 4.69) is 5.10 Å². The number of ether oxygens (including phenoxy) is 1. The minimum atomic E-state index is -1.15. The number of rotatable bonds is 2. The Balaban J connectivity index is 2.04. The summed E-state index contributed by atoms with van der Waals surface area (Å²) in [5.74, 6) is 0. The molecule has 7 heteroatoms. The number of aliphatic hydroxyl groups is 3. The lowest BCUT2D eigenvalue weighted by atomic mass is 10.1. The summed E-state index contributed by atoms with van der Waals surface area (Å²) in [7, 11) is 0. The number of benzene rings is 1. The Kier molecular flexibility index (Phi) is 2.90. The first-order valence-corrected chi connectivity index (χ1v) is 5.97. The van der Waals surface area contributed by atoms with Gasteiger partial charge in [0.25, 0.3) is 0 Å². The number of nitrogen functional groups attached to an aromatic ring is 1. The van der Waals surface area contributed by atoms with Gasteiger partial charge in [-0.2, -0.15) is 5.10 Å². The lowest BCUT2D eigenvalue weighted by molar-refractivity contribution is -0.0563. The summed E-state index contributed by atoms with van der Waals surface area (Å²) in [6, 6.07) is 5.33. The fourth-order valence-electron chi connectivity index (χ4n) is 2.38. The Morgan fingerprint density at radius 3 is 2.79 bits per heavy atom. The zero-order valence-corrected chi connectivity index (χ0v) is 10.0. The molecular weight excluding hydrogens is 250 g/mol. The third-order valence-electron chi connectivity index (χ3n) is 3.43. The van der Waals surface area contributed by atoms with Gasteiger partial charge < -0.3 is 25.8 Å². The lowest BCUT2D eigenvalue weighted by Crippen LogP contribution is -2.33. The average Bonchev–Trinajstić information content (AvgIpc) is 2.94. The van der Waals surface area contributed by atoms with E-state index in [0.717, 1.165) is 5.39 Å². The summed E-state index contributed by atoms with van der Waals surface area (Å²) in [5.41, 5.74) is 7.12. The van der Waals surface area contributed by atoms with E-state index in [9.17, 15) is 10.2 Å². The molecule has 0 radical (unpaired) electrons. The molecule has 0 spiro atoms. The van der Waals surface area contributed by atoms with Gasteiger partial charge in [0.2, 0.25) is 0 Å². The van der Waals surface area contributed by atoms with Crippen LogP contribution in [0, 0.1) is 0 Å². The van der Waals surface area contributed by atoms with E-state index >= 15 is 0 Å². The smallest absolute Gasteiger partial charge is 0.179 e. The zero-order valence-electron chi connectivity index (χ0n) is 10.0. The molecule has 0 unspecified atom stereocenters. The summed E-state index contributed by atoms with van der Waals surface area (Å²) < 4.78 is 6.90. The van der Waals surface area contributed by atoms with Crippen molar-refractivity contribution in [3.63, 3.8) is 0 Å². The summed E-state index contributed by atoms with van der Waals surface area (Å²) in [6.45, 7) is -0.365. The van der Waals surface area contributed by atoms with Crippen molar-refractivity contribution in [2.45, 2.75) is 24.5 Å². The van der Waals surface area contributed by atoms with E-state index in [0.29, 0.717) is 11.2 Å². The summed E-state index contributed by atoms with van der Waals surface area (Å²) >= 11 is 0. The Hall–Kier alpha value is -1.67. The van der Waals surface area contributed by atoms with Crippen molar-refractivity contribution in [2.24, 2.45) is 0 Å². The number of hydrogen-bond acceptors (Lipinski definition) is 6. The number of aromatic nitrogens is 2. The molecule has 1 aromatic carbocycles. The standard InChI is InChI=1S/C12H15N3O4/c13-7-2-1-3-8-6(7)4-14-15(8)12-11(18)10(17)9(5-16)19-12/h1-4,9-12,16-18H,5,13H2/t9-,10-,11-,12-/m1/s1. The van der Waals surface area contributed by atoms with Gasteiger partial charge in [-0.05, 0) is 12.1 Å². The molecule has 102 valence electrons. The molecule has 3 rings (SSSR count). The van der Waals surface area contributed by atoms with Crippen LogP contribution in [0.15, 0.2) is 24.4 Å². The van der Waals surface area contributed by atoms with Crippen molar-refractivity contribution in [3.8, 4) is 0 Å². The number of anilines is 1. The summed E-state index contributed by atoms with van der Waals surface area (Å²) in [5, 5.41) is 33.7. The fourth-order valence-corrected chi connectivity index (χ4v) is 2.38. The largest absolute Gasteiger partial charge is 0.398 e. The quantitative estimate of drug-likeness (QED) is 0.530. The highest BCUT2D eigenvalue weighted by Crippen LogP contribution is 2.32. The van der Waals surface area contributed by atoms with Gasteiger partial charge in [0.15, 0.2) is 6.23 Å². The number of aliphatic hydroxyl groups excluding tert-OH is 3. The molecule has 19 heavy (non-hydrogen) atoms. The van der Waals surface area contributed by atoms with Gasteiger partial charge in [-0.3, -0.25) is 0 Å². The van der Waals surface area contributed by atoms with Gasteiger partial charge in [0.1, 0.15) is 18.3 Å². The van der Waals surface area contributed by atoms with Crippen molar-refractivity contribution in [1.82, 2.24) is 9.78 Å². The molecule has 0 bridgehead atoms. The molecule has 2 heterocycles. The highest BCUT2D eigenvalue weighted by atomic mass is 16.6. The maximum Gasteiger partial charge on any atom is 0.179 e. The van der Waals surface area contributed by atoms with Crippen LogP contribution in [0.5, 0.6) is 0 Å². The van der Waals surface area contributed by atoms with E-state index in [1.54, 1.807) is 24.4 Å². The summed E-state index contributed by atoms with van der Waals surface area (Å²) in [4.78, 5) is 0. The minimum Gasteiger partial charge on any atom is -0.398 e. The number of nitrogens with two attached hydrogens (primary N) is 1. The maximum atomic E-state index is 9.98. The molecule has 0 amide bonds. The minimum absolute atomic E-state index is 0.365. The first kappa shape index (κ1) is 12.4. The van der Waals surface area contributed by atoms with E-state index < -0.39 is 24.5 Å². The fraction of sp³-hybridized carbons (Fsp3) is 0.417. The van der Waals surface area contributed by atoms with E-state index in [4.69, 9.17) is 15.6 Å². The molecule has 2 aromatic rings. The van der Waals surface area contributed by atoms with Crippen LogP contribution in [-0.2, 0) is 4.74 Å². The molecule has 0 saturated carbocycles. The highest BCUT2D eigenvalue weighted by molar-refractivity contribution is 5.90. The van der Waals surface area contributed by atoms with Crippen molar-refractivity contribution < 1.29 is 20.1 Å². The van der Waals surface area contributed by atoms with E-state index in [1.165, 1.54) is 4.68 Å². The second kappa shape index (κ2) is 4.46. The molecule has 7 nitrogen and oxygen atoms in total. The van der Waals surface area contributed by atoms with Gasteiger partial charge in [-0.25, -0.2) is 4.68 Å². The van der Waals surface area contributed by atoms with Crippen LogP contribution < -0.4 is 5.73 Å². The van der Waals surface area contributed by atoms with Crippen LogP contribution >= 0.6 is 0 Å². The predicted molar refractivity (Wildman–Crippen MR) is 67.2 cm³/mol. The van der Waals surface area contributed by atoms with Crippen LogP contribution in [0.25, 0.3) is 10.9 Å². The third-order valence-corrected chi connectivity index (χ3v) is 3.43. The molecule has 4 atom stereocenters. The molecule has 1 saturated heterocycles. The summed E-state index contributed by atoms with van der Waals surface area (Å²) in [6.07, 6.45) is -2.37. The highest BCUT2D eigenvalue weighted by Gasteiger charge is 2.44. The van der Waals surface area contributed by atoms with Crippen molar-refractivity contribution in [3.05, 3.63) is 24.4 Å². The topological polar surface area (TPSA) is 114 Å². The first-order valence-electron chi connectivity index (χ1n) is 5.97. The second-order valence-electron chi connectivity index (χ2n) is 4.60. The third kappa shape index (κ3) is 1.79. The van der Waals surface area contributed by atoms with Crippen LogP contribution in [-0.4, -0.2) is 50.0 Å². The average molecular weight is 265 g/mol. The van der Waals surface area contributed by atoms with Gasteiger partial charge >= 0.3 is 0 Å². The predicted octanol–water partition coefficient (Wildman–Crippen LogP) is -0.770. The number of nitrogens with zero attached hydrogens (tertiary/aromatic N) is 2. The normalized spacial score (nSPS) is 31.1. The molecule has 0 aliphatic carbocycles. The van der Waals surface area contributed by atoms with E-state index in [1.807, 2.05) is 0 Å². The van der Waals surface area contributed by atoms with Crippen LogP contribution in [0.1, 0.15) is 6.23 Å². The Bertz CT molecular complexity index is 600. The SMILES string of the molecule is Nc1cccc2c1cnn2[C@@H]1O[C@H](CO)[C@@H](O)[C@H]1O. The van der Waals surface area contributed by atoms with Gasteiger partial charge in [0.05, 0.1) is 18.3 Å². The van der Waals surface area contributed by atoms with Gasteiger partial charge in [0, 0.05) is 11.1 Å². The molecule has 1 fully saturated rings. The van der Waals surface area contributed by atoms with Gasteiger partial charge in [-0.15, -0.1) is 0 Å².